The number of thiophene rings is 1. The molecule has 1 saturated heterocycles. The van der Waals surface area contributed by atoms with Crippen molar-refractivity contribution in [3.63, 3.8) is 0 Å². The van der Waals surface area contributed by atoms with Gasteiger partial charge in [0.05, 0.1) is 12.0 Å². The van der Waals surface area contributed by atoms with Crippen LogP contribution in [0.2, 0.25) is 0 Å². The monoisotopic (exact) mass is 254 g/mol. The van der Waals surface area contributed by atoms with Crippen LogP contribution in [0.25, 0.3) is 0 Å². The van der Waals surface area contributed by atoms with Crippen LogP contribution >= 0.6 is 11.3 Å². The molecule has 1 atom stereocenters. The van der Waals surface area contributed by atoms with Gasteiger partial charge in [-0.25, -0.2) is 0 Å². The average molecular weight is 254 g/mol. The smallest absolute Gasteiger partial charge is 0.261 e. The summed E-state index contributed by atoms with van der Waals surface area (Å²) in [6, 6.07) is 2.03. The minimum absolute atomic E-state index is 0.00648. The zero-order valence-electron chi connectivity index (χ0n) is 9.99. The zero-order valence-corrected chi connectivity index (χ0v) is 10.8. The van der Waals surface area contributed by atoms with Crippen LogP contribution in [0.5, 0.6) is 5.75 Å². The summed E-state index contributed by atoms with van der Waals surface area (Å²) in [4.78, 5) is 12.7. The second-order valence-electron chi connectivity index (χ2n) is 4.22. The highest BCUT2D eigenvalue weighted by Gasteiger charge is 2.16. The summed E-state index contributed by atoms with van der Waals surface area (Å²) < 4.78 is 5.07. The third kappa shape index (κ3) is 3.44. The van der Waals surface area contributed by atoms with E-state index in [0.29, 0.717) is 4.88 Å². The molecule has 0 saturated carbocycles. The maximum absolute atomic E-state index is 12.0. The second-order valence-corrected chi connectivity index (χ2v) is 5.13. The van der Waals surface area contributed by atoms with Crippen molar-refractivity contribution in [3.05, 3.63) is 16.3 Å². The molecule has 94 valence electrons. The van der Waals surface area contributed by atoms with Crippen molar-refractivity contribution < 1.29 is 9.53 Å². The number of rotatable bonds is 3. The summed E-state index contributed by atoms with van der Waals surface area (Å²) in [5, 5.41) is 8.25. The van der Waals surface area contributed by atoms with Crippen LogP contribution < -0.4 is 15.4 Å². The van der Waals surface area contributed by atoms with Gasteiger partial charge in [0.1, 0.15) is 5.75 Å². The topological polar surface area (TPSA) is 50.4 Å². The number of amides is 1. The first-order valence-corrected chi connectivity index (χ1v) is 6.81. The standard InChI is InChI=1S/C12H18N2O2S/c1-16-10-6-11(17-8-10)12(15)14-9-4-2-3-5-13-7-9/h6,8-9,13H,2-5,7H2,1H3,(H,14,15). The summed E-state index contributed by atoms with van der Waals surface area (Å²) in [5.41, 5.74) is 0. The van der Waals surface area contributed by atoms with Crippen molar-refractivity contribution in [3.8, 4) is 5.75 Å². The Labute approximate surface area is 105 Å². The molecule has 0 aromatic carbocycles. The van der Waals surface area contributed by atoms with E-state index in [0.717, 1.165) is 25.3 Å². The van der Waals surface area contributed by atoms with Gasteiger partial charge in [0, 0.05) is 24.0 Å². The second kappa shape index (κ2) is 6.02. The molecular weight excluding hydrogens is 236 g/mol. The molecule has 1 aliphatic heterocycles. The van der Waals surface area contributed by atoms with Gasteiger partial charge >= 0.3 is 0 Å². The van der Waals surface area contributed by atoms with E-state index in [-0.39, 0.29) is 11.9 Å². The van der Waals surface area contributed by atoms with E-state index < -0.39 is 0 Å². The third-order valence-corrected chi connectivity index (χ3v) is 3.82. The van der Waals surface area contributed by atoms with Crippen LogP contribution in [0.3, 0.4) is 0 Å². The fourth-order valence-corrected chi connectivity index (χ4v) is 2.70. The predicted octanol–water partition coefficient (Wildman–Crippen LogP) is 1.63. The van der Waals surface area contributed by atoms with Crippen molar-refractivity contribution in [1.29, 1.82) is 0 Å². The summed E-state index contributed by atoms with van der Waals surface area (Å²) >= 11 is 1.42. The first kappa shape index (κ1) is 12.4. The Balaban J connectivity index is 1.91. The summed E-state index contributed by atoms with van der Waals surface area (Å²) in [6.07, 6.45) is 3.42. The summed E-state index contributed by atoms with van der Waals surface area (Å²) in [6.45, 7) is 1.92. The van der Waals surface area contributed by atoms with Crippen molar-refractivity contribution in [2.75, 3.05) is 20.2 Å². The van der Waals surface area contributed by atoms with E-state index in [9.17, 15) is 4.79 Å². The van der Waals surface area contributed by atoms with Gasteiger partial charge in [-0.3, -0.25) is 4.79 Å². The Hall–Kier alpha value is -1.07. The van der Waals surface area contributed by atoms with Crippen LogP contribution in [0.1, 0.15) is 28.9 Å². The average Bonchev–Trinajstić information content (AvgIpc) is 2.68. The lowest BCUT2D eigenvalue weighted by atomic mass is 10.1. The first-order chi connectivity index (χ1) is 8.29. The largest absolute Gasteiger partial charge is 0.496 e. The Kier molecular flexibility index (Phi) is 4.39. The molecule has 17 heavy (non-hydrogen) atoms. The van der Waals surface area contributed by atoms with Gasteiger partial charge in [0.2, 0.25) is 0 Å². The molecule has 0 radical (unpaired) electrons. The number of carbonyl (C=O) groups excluding carboxylic acids is 1. The molecule has 1 amide bonds. The fraction of sp³-hybridized carbons (Fsp3) is 0.583. The van der Waals surface area contributed by atoms with Gasteiger partial charge in [-0.2, -0.15) is 0 Å². The van der Waals surface area contributed by atoms with Gasteiger partial charge in [-0.15, -0.1) is 11.3 Å². The van der Waals surface area contributed by atoms with Crippen LogP contribution in [-0.2, 0) is 0 Å². The Morgan fingerprint density at radius 3 is 3.24 bits per heavy atom. The Morgan fingerprint density at radius 2 is 2.47 bits per heavy atom. The molecule has 0 bridgehead atoms. The highest BCUT2D eigenvalue weighted by molar-refractivity contribution is 7.12. The molecule has 1 aromatic heterocycles. The molecule has 1 aliphatic rings. The van der Waals surface area contributed by atoms with E-state index in [1.54, 1.807) is 13.2 Å². The lowest BCUT2D eigenvalue weighted by Crippen LogP contribution is -2.40. The number of hydrogen-bond donors (Lipinski definition) is 2. The minimum Gasteiger partial charge on any atom is -0.496 e. The molecule has 0 aliphatic carbocycles. The highest BCUT2D eigenvalue weighted by atomic mass is 32.1. The number of carbonyl (C=O) groups is 1. The summed E-state index contributed by atoms with van der Waals surface area (Å²) in [7, 11) is 1.61. The molecule has 2 heterocycles. The zero-order chi connectivity index (χ0) is 12.1. The number of hydrogen-bond acceptors (Lipinski definition) is 4. The van der Waals surface area contributed by atoms with Crippen LogP contribution in [0, 0.1) is 0 Å². The molecule has 2 N–H and O–H groups in total. The third-order valence-electron chi connectivity index (χ3n) is 2.92. The van der Waals surface area contributed by atoms with Gasteiger partial charge < -0.3 is 15.4 Å². The van der Waals surface area contributed by atoms with Gasteiger partial charge in [-0.05, 0) is 19.4 Å². The number of nitrogens with one attached hydrogen (secondary N) is 2. The van der Waals surface area contributed by atoms with E-state index in [1.165, 1.54) is 24.2 Å². The lowest BCUT2D eigenvalue weighted by molar-refractivity contribution is 0.0939. The quantitative estimate of drug-likeness (QED) is 0.862. The first-order valence-electron chi connectivity index (χ1n) is 5.93. The van der Waals surface area contributed by atoms with Gasteiger partial charge in [0.15, 0.2) is 0 Å². The molecular formula is C12H18N2O2S. The molecule has 1 aromatic rings. The van der Waals surface area contributed by atoms with Crippen LogP contribution in [0.4, 0.5) is 0 Å². The Morgan fingerprint density at radius 1 is 1.59 bits per heavy atom. The maximum atomic E-state index is 12.0. The maximum Gasteiger partial charge on any atom is 0.261 e. The molecule has 1 unspecified atom stereocenters. The van der Waals surface area contributed by atoms with Crippen LogP contribution in [-0.4, -0.2) is 32.1 Å². The molecule has 2 rings (SSSR count). The predicted molar refractivity (Wildman–Crippen MR) is 68.8 cm³/mol. The Bertz CT molecular complexity index is 370. The molecule has 5 heteroatoms. The van der Waals surface area contributed by atoms with E-state index in [2.05, 4.69) is 10.6 Å². The minimum atomic E-state index is 0.00648. The van der Waals surface area contributed by atoms with E-state index in [4.69, 9.17) is 4.74 Å². The van der Waals surface area contributed by atoms with Crippen molar-refractivity contribution in [2.45, 2.75) is 25.3 Å². The van der Waals surface area contributed by atoms with Gasteiger partial charge in [-0.1, -0.05) is 6.42 Å². The van der Waals surface area contributed by atoms with Crippen molar-refractivity contribution in [1.82, 2.24) is 10.6 Å². The normalized spacial score (nSPS) is 20.6. The SMILES string of the molecule is COc1csc(C(=O)NC2CCCCNC2)c1. The molecule has 4 nitrogen and oxygen atoms in total. The van der Waals surface area contributed by atoms with Crippen LogP contribution in [0.15, 0.2) is 11.4 Å². The summed E-state index contributed by atoms with van der Waals surface area (Å²) in [5.74, 6) is 0.756. The van der Waals surface area contributed by atoms with Crippen molar-refractivity contribution >= 4 is 17.2 Å². The lowest BCUT2D eigenvalue weighted by Gasteiger charge is -2.15. The highest BCUT2D eigenvalue weighted by Crippen LogP contribution is 2.21. The van der Waals surface area contributed by atoms with E-state index in [1.807, 2.05) is 5.38 Å². The molecule has 1 fully saturated rings. The number of ether oxygens (including phenoxy) is 1. The number of methoxy groups -OCH3 is 1. The molecule has 0 spiro atoms. The van der Waals surface area contributed by atoms with Crippen molar-refractivity contribution in [2.24, 2.45) is 0 Å². The van der Waals surface area contributed by atoms with E-state index >= 15 is 0 Å². The van der Waals surface area contributed by atoms with Gasteiger partial charge in [0.25, 0.3) is 5.91 Å². The fourth-order valence-electron chi connectivity index (χ4n) is 1.94.